The minimum absolute atomic E-state index is 0.0521. The second-order valence-corrected chi connectivity index (χ2v) is 9.88. The molecule has 2 aliphatic rings. The normalized spacial score (nSPS) is 17.1. The van der Waals surface area contributed by atoms with Gasteiger partial charge in [-0.25, -0.2) is 13.1 Å². The summed E-state index contributed by atoms with van der Waals surface area (Å²) in [7, 11) is -3.63. The summed E-state index contributed by atoms with van der Waals surface area (Å²) < 4.78 is 29.6. The number of carbonyl (C=O) groups excluding carboxylic acids is 1. The SMILES string of the molecule is O=C(CCNS(=O)(=O)c1ccc(C2CCCCC2)cc1)NCc1nnc2n1CCC2. The number of nitrogens with zero attached hydrogens (tertiary/aromatic N) is 3. The molecule has 9 heteroatoms. The molecule has 1 fully saturated rings. The van der Waals surface area contributed by atoms with Gasteiger partial charge in [-0.15, -0.1) is 10.2 Å². The van der Waals surface area contributed by atoms with Crippen molar-refractivity contribution in [3.63, 3.8) is 0 Å². The van der Waals surface area contributed by atoms with Gasteiger partial charge in [0.2, 0.25) is 15.9 Å². The van der Waals surface area contributed by atoms with E-state index >= 15 is 0 Å². The van der Waals surface area contributed by atoms with E-state index in [1.807, 2.05) is 16.7 Å². The molecule has 1 saturated carbocycles. The molecule has 1 amide bonds. The molecular formula is C21H29N5O3S. The first kappa shape index (κ1) is 21.0. The van der Waals surface area contributed by atoms with Crippen LogP contribution in [0.4, 0.5) is 0 Å². The van der Waals surface area contributed by atoms with Crippen molar-refractivity contribution >= 4 is 15.9 Å². The van der Waals surface area contributed by atoms with E-state index in [0.717, 1.165) is 31.0 Å². The number of fused-ring (bicyclic) bond motifs is 1. The van der Waals surface area contributed by atoms with Gasteiger partial charge in [0, 0.05) is 25.9 Å². The van der Waals surface area contributed by atoms with Crippen LogP contribution in [0.3, 0.4) is 0 Å². The van der Waals surface area contributed by atoms with Gasteiger partial charge in [0.25, 0.3) is 0 Å². The summed E-state index contributed by atoms with van der Waals surface area (Å²) in [6.45, 7) is 1.24. The Bertz CT molecular complexity index is 979. The largest absolute Gasteiger partial charge is 0.349 e. The van der Waals surface area contributed by atoms with Gasteiger partial charge in [-0.05, 0) is 42.9 Å². The van der Waals surface area contributed by atoms with E-state index in [-0.39, 0.29) is 23.8 Å². The van der Waals surface area contributed by atoms with E-state index in [1.165, 1.54) is 37.7 Å². The van der Waals surface area contributed by atoms with Crippen LogP contribution >= 0.6 is 0 Å². The fraction of sp³-hybridized carbons (Fsp3) is 0.571. The average Bonchev–Trinajstić information content (AvgIpc) is 3.37. The highest BCUT2D eigenvalue weighted by Crippen LogP contribution is 2.32. The molecule has 1 aliphatic carbocycles. The quantitative estimate of drug-likeness (QED) is 0.667. The number of carbonyl (C=O) groups is 1. The average molecular weight is 432 g/mol. The molecule has 2 heterocycles. The number of rotatable bonds is 8. The van der Waals surface area contributed by atoms with Gasteiger partial charge in [-0.2, -0.15) is 0 Å². The van der Waals surface area contributed by atoms with Crippen molar-refractivity contribution in [3.05, 3.63) is 41.5 Å². The number of nitrogens with one attached hydrogen (secondary N) is 2. The second-order valence-electron chi connectivity index (χ2n) is 8.12. The maximum absolute atomic E-state index is 12.5. The van der Waals surface area contributed by atoms with Gasteiger partial charge in [-0.1, -0.05) is 31.4 Å². The molecule has 0 saturated heterocycles. The van der Waals surface area contributed by atoms with Crippen molar-refractivity contribution in [1.82, 2.24) is 24.8 Å². The number of aryl methyl sites for hydroxylation is 1. The van der Waals surface area contributed by atoms with Gasteiger partial charge < -0.3 is 9.88 Å². The molecule has 0 bridgehead atoms. The number of aromatic nitrogens is 3. The predicted octanol–water partition coefficient (Wildman–Crippen LogP) is 2.26. The van der Waals surface area contributed by atoms with Crippen molar-refractivity contribution < 1.29 is 13.2 Å². The summed E-state index contributed by atoms with van der Waals surface area (Å²) in [6, 6.07) is 7.18. The van der Waals surface area contributed by atoms with Gasteiger partial charge in [0.15, 0.2) is 5.82 Å². The summed E-state index contributed by atoms with van der Waals surface area (Å²) in [6.07, 6.45) is 8.18. The van der Waals surface area contributed by atoms with Crippen LogP contribution in [0.15, 0.2) is 29.2 Å². The number of sulfonamides is 1. The molecule has 0 atom stereocenters. The molecule has 2 aromatic rings. The third-order valence-corrected chi connectivity index (χ3v) is 7.52. The number of hydrogen-bond donors (Lipinski definition) is 2. The lowest BCUT2D eigenvalue weighted by molar-refractivity contribution is -0.121. The van der Waals surface area contributed by atoms with E-state index in [2.05, 4.69) is 20.2 Å². The van der Waals surface area contributed by atoms with Crippen LogP contribution in [-0.2, 0) is 34.3 Å². The maximum Gasteiger partial charge on any atom is 0.240 e. The molecule has 1 aliphatic heterocycles. The molecule has 1 aromatic carbocycles. The molecule has 0 unspecified atom stereocenters. The summed E-state index contributed by atoms with van der Waals surface area (Å²) in [5.74, 6) is 2.02. The summed E-state index contributed by atoms with van der Waals surface area (Å²) in [4.78, 5) is 12.3. The van der Waals surface area contributed by atoms with Crippen LogP contribution in [0.5, 0.6) is 0 Å². The molecule has 8 nitrogen and oxygen atoms in total. The van der Waals surface area contributed by atoms with Crippen molar-refractivity contribution in [2.75, 3.05) is 6.54 Å². The zero-order valence-corrected chi connectivity index (χ0v) is 18.0. The third kappa shape index (κ3) is 4.89. The van der Waals surface area contributed by atoms with E-state index in [1.54, 1.807) is 12.1 Å². The van der Waals surface area contributed by atoms with Gasteiger partial charge in [-0.3, -0.25) is 4.79 Å². The van der Waals surface area contributed by atoms with Crippen LogP contribution in [0.25, 0.3) is 0 Å². The van der Waals surface area contributed by atoms with Crippen LogP contribution in [-0.4, -0.2) is 35.6 Å². The molecule has 4 rings (SSSR count). The van der Waals surface area contributed by atoms with Crippen molar-refractivity contribution in [3.8, 4) is 0 Å². The first-order valence-corrected chi connectivity index (χ1v) is 12.3. The standard InChI is InChI=1S/C21H29N5O3S/c27-21(22-15-20-25-24-19-7-4-14-26(19)20)12-13-23-30(28,29)18-10-8-17(9-11-18)16-5-2-1-3-6-16/h8-11,16,23H,1-7,12-15H2,(H,22,27). The van der Waals surface area contributed by atoms with Crippen LogP contribution < -0.4 is 10.0 Å². The fourth-order valence-electron chi connectivity index (χ4n) is 4.34. The Labute approximate surface area is 177 Å². The first-order chi connectivity index (χ1) is 14.5. The van der Waals surface area contributed by atoms with E-state index in [4.69, 9.17) is 0 Å². The number of amides is 1. The summed E-state index contributed by atoms with van der Waals surface area (Å²) in [5, 5.41) is 11.0. The molecule has 162 valence electrons. The number of benzene rings is 1. The highest BCUT2D eigenvalue weighted by molar-refractivity contribution is 7.89. The lowest BCUT2D eigenvalue weighted by atomic mass is 9.84. The van der Waals surface area contributed by atoms with Crippen molar-refractivity contribution in [2.24, 2.45) is 0 Å². The lowest BCUT2D eigenvalue weighted by Crippen LogP contribution is -2.31. The Balaban J connectivity index is 1.24. The number of hydrogen-bond acceptors (Lipinski definition) is 5. The van der Waals surface area contributed by atoms with Crippen molar-refractivity contribution in [1.29, 1.82) is 0 Å². The minimum atomic E-state index is -3.63. The van der Waals surface area contributed by atoms with Gasteiger partial charge in [0.1, 0.15) is 5.82 Å². The molecule has 0 radical (unpaired) electrons. The Morgan fingerprint density at radius 1 is 1.07 bits per heavy atom. The van der Waals surface area contributed by atoms with Crippen molar-refractivity contribution in [2.45, 2.75) is 75.3 Å². The molecular weight excluding hydrogens is 402 g/mol. The molecule has 2 N–H and O–H groups in total. The highest BCUT2D eigenvalue weighted by atomic mass is 32.2. The Morgan fingerprint density at radius 3 is 2.60 bits per heavy atom. The van der Waals surface area contributed by atoms with Crippen LogP contribution in [0, 0.1) is 0 Å². The van der Waals surface area contributed by atoms with Crippen LogP contribution in [0.2, 0.25) is 0 Å². The molecule has 1 aromatic heterocycles. The fourth-order valence-corrected chi connectivity index (χ4v) is 5.38. The highest BCUT2D eigenvalue weighted by Gasteiger charge is 2.19. The lowest BCUT2D eigenvalue weighted by Gasteiger charge is -2.22. The minimum Gasteiger partial charge on any atom is -0.349 e. The molecule has 30 heavy (non-hydrogen) atoms. The second kappa shape index (κ2) is 9.26. The van der Waals surface area contributed by atoms with E-state index in [0.29, 0.717) is 12.5 Å². The van der Waals surface area contributed by atoms with E-state index < -0.39 is 10.0 Å². The maximum atomic E-state index is 12.5. The summed E-state index contributed by atoms with van der Waals surface area (Å²) >= 11 is 0. The smallest absolute Gasteiger partial charge is 0.240 e. The topological polar surface area (TPSA) is 106 Å². The zero-order valence-electron chi connectivity index (χ0n) is 17.1. The van der Waals surface area contributed by atoms with E-state index in [9.17, 15) is 13.2 Å². The van der Waals surface area contributed by atoms with Gasteiger partial charge >= 0.3 is 0 Å². The zero-order chi connectivity index (χ0) is 21.0. The predicted molar refractivity (Wildman–Crippen MR) is 112 cm³/mol. The Hall–Kier alpha value is -2.26. The van der Waals surface area contributed by atoms with Crippen LogP contribution in [0.1, 0.15) is 68.1 Å². The monoisotopic (exact) mass is 431 g/mol. The summed E-state index contributed by atoms with van der Waals surface area (Å²) in [5.41, 5.74) is 1.22. The van der Waals surface area contributed by atoms with Gasteiger partial charge in [0.05, 0.1) is 11.4 Å². The Morgan fingerprint density at radius 2 is 1.83 bits per heavy atom. The third-order valence-electron chi connectivity index (χ3n) is 6.04. The Kier molecular flexibility index (Phi) is 6.48. The first-order valence-electron chi connectivity index (χ1n) is 10.8. The molecule has 0 spiro atoms.